The van der Waals surface area contributed by atoms with Crippen LogP contribution in [0.5, 0.6) is 0 Å². The third kappa shape index (κ3) is 6.74. The summed E-state index contributed by atoms with van der Waals surface area (Å²) in [6.07, 6.45) is -3.02. The van der Waals surface area contributed by atoms with Gasteiger partial charge in [0.1, 0.15) is 11.6 Å². The molecule has 0 fully saturated rings. The van der Waals surface area contributed by atoms with Gasteiger partial charge < -0.3 is 9.64 Å². The van der Waals surface area contributed by atoms with Gasteiger partial charge in [-0.3, -0.25) is 0 Å². The molecule has 0 unspecified atom stereocenters. The lowest BCUT2D eigenvalue weighted by molar-refractivity contribution is -0.474. The number of benzene rings is 1. The van der Waals surface area contributed by atoms with E-state index in [0.717, 1.165) is 29.5 Å². The molecular weight excluding hydrogens is 795 g/mol. The molecule has 1 aliphatic rings. The number of anilines is 1. The van der Waals surface area contributed by atoms with Crippen molar-refractivity contribution in [3.8, 4) is 6.07 Å². The van der Waals surface area contributed by atoms with E-state index in [0.29, 0.717) is 25.0 Å². The molecular formula is C28H17F21N2O2. The predicted octanol–water partition coefficient (Wildman–Crippen LogP) is 10.4. The van der Waals surface area contributed by atoms with Crippen LogP contribution in [0, 0.1) is 11.3 Å². The molecule has 53 heavy (non-hydrogen) atoms. The van der Waals surface area contributed by atoms with Crippen LogP contribution in [0.15, 0.2) is 60.0 Å². The monoisotopic (exact) mass is 812 g/mol. The molecule has 25 heteroatoms. The maximum absolute atomic E-state index is 14.7. The molecule has 1 aromatic carbocycles. The number of carbonyl (C=O) groups excluding carboxylic acids is 1. The van der Waals surface area contributed by atoms with E-state index in [-0.39, 0.29) is 24.3 Å². The molecule has 0 spiro atoms. The van der Waals surface area contributed by atoms with E-state index in [4.69, 9.17) is 4.74 Å². The highest BCUT2D eigenvalue weighted by Gasteiger charge is 2.97. The number of hydrogen-bond acceptors (Lipinski definition) is 4. The van der Waals surface area contributed by atoms with Crippen molar-refractivity contribution in [2.45, 2.75) is 79.2 Å². The van der Waals surface area contributed by atoms with Crippen LogP contribution in [0.2, 0.25) is 0 Å². The summed E-state index contributed by atoms with van der Waals surface area (Å²) in [4.78, 5) is 13.0. The van der Waals surface area contributed by atoms with Gasteiger partial charge in [-0.2, -0.15) is 97.5 Å². The molecule has 0 aromatic heterocycles. The molecule has 1 heterocycles. The Labute approximate surface area is 281 Å². The third-order valence-corrected chi connectivity index (χ3v) is 7.20. The smallest absolute Gasteiger partial charge is 0.460 e. The summed E-state index contributed by atoms with van der Waals surface area (Å²) in [6.45, 7) is 1.69. The molecule has 2 rings (SSSR count). The van der Waals surface area contributed by atoms with Gasteiger partial charge in [0.2, 0.25) is 0 Å². The first-order chi connectivity index (χ1) is 23.6. The number of esters is 1. The standard InChI is InChI=1S/C28H17F21N2O2/c1-2-3-12-53-18(52)17(13-50)14-8-10-51(11-9-14)16-6-4-15(5-7-16)19(29,30)20(31,32)21(33,34)22(35,36)23(37,38)24(39,40)25(41,42)26(43,44)27(45,46)28(47,48)49/h4-11H,2-3,12H2,1H3. The van der Waals surface area contributed by atoms with E-state index in [2.05, 4.69) is 0 Å². The summed E-state index contributed by atoms with van der Waals surface area (Å²) in [7, 11) is 0. The van der Waals surface area contributed by atoms with Crippen LogP contribution in [0.1, 0.15) is 25.3 Å². The fourth-order valence-electron chi connectivity index (χ4n) is 3.96. The molecule has 0 aliphatic carbocycles. The summed E-state index contributed by atoms with van der Waals surface area (Å²) in [5.41, 5.74) is -3.58. The average molecular weight is 812 g/mol. The number of allylic oxidation sites excluding steroid dienone is 3. The minimum atomic E-state index is -9.24. The number of unbranched alkanes of at least 4 members (excludes halogenated alkanes) is 1. The Morgan fingerprint density at radius 2 is 1.00 bits per heavy atom. The van der Waals surface area contributed by atoms with Crippen molar-refractivity contribution in [2.24, 2.45) is 0 Å². The minimum Gasteiger partial charge on any atom is -0.462 e. The number of nitrogens with zero attached hydrogens (tertiary/aromatic N) is 2. The Hall–Kier alpha value is -4.27. The first-order valence-corrected chi connectivity index (χ1v) is 13.7. The van der Waals surface area contributed by atoms with Crippen LogP contribution in [-0.2, 0) is 15.5 Å². The lowest BCUT2D eigenvalue weighted by Crippen LogP contribution is -2.76. The quantitative estimate of drug-likeness (QED) is 0.0617. The Morgan fingerprint density at radius 1 is 0.623 bits per heavy atom. The van der Waals surface area contributed by atoms with Gasteiger partial charge in [0.15, 0.2) is 0 Å². The fraction of sp³-hybridized carbons (Fsp3) is 0.500. The molecule has 0 radical (unpaired) electrons. The Morgan fingerprint density at radius 3 is 1.36 bits per heavy atom. The maximum atomic E-state index is 14.7. The van der Waals surface area contributed by atoms with Gasteiger partial charge in [-0.25, -0.2) is 4.79 Å². The van der Waals surface area contributed by atoms with Crippen LogP contribution in [0.25, 0.3) is 0 Å². The molecule has 0 bridgehead atoms. The van der Waals surface area contributed by atoms with E-state index < -0.39 is 82.3 Å². The van der Waals surface area contributed by atoms with E-state index in [1.54, 1.807) is 13.0 Å². The van der Waals surface area contributed by atoms with Crippen LogP contribution in [0.4, 0.5) is 97.9 Å². The predicted molar refractivity (Wildman–Crippen MR) is 135 cm³/mol. The van der Waals surface area contributed by atoms with Crippen molar-refractivity contribution in [1.29, 1.82) is 5.26 Å². The number of ether oxygens (including phenoxy) is 1. The number of rotatable bonds is 14. The second-order valence-electron chi connectivity index (χ2n) is 10.7. The average Bonchev–Trinajstić information content (AvgIpc) is 3.04. The zero-order valence-corrected chi connectivity index (χ0v) is 25.4. The Bertz CT molecular complexity index is 1640. The zero-order chi connectivity index (χ0) is 41.7. The van der Waals surface area contributed by atoms with Crippen LogP contribution >= 0.6 is 0 Å². The minimum absolute atomic E-state index is 0.0659. The summed E-state index contributed by atoms with van der Waals surface area (Å²) in [5.74, 6) is -78.9. The van der Waals surface area contributed by atoms with Gasteiger partial charge in [-0.05, 0) is 30.7 Å². The Balaban J connectivity index is 2.51. The highest BCUT2D eigenvalue weighted by molar-refractivity contribution is 5.95. The summed E-state index contributed by atoms with van der Waals surface area (Å²) >= 11 is 0. The van der Waals surface area contributed by atoms with Crippen molar-refractivity contribution >= 4 is 11.7 Å². The van der Waals surface area contributed by atoms with Crippen molar-refractivity contribution in [3.63, 3.8) is 0 Å². The van der Waals surface area contributed by atoms with Crippen LogP contribution in [0.3, 0.4) is 0 Å². The van der Waals surface area contributed by atoms with Gasteiger partial charge in [0.05, 0.1) is 6.61 Å². The van der Waals surface area contributed by atoms with E-state index in [1.165, 1.54) is 0 Å². The first kappa shape index (κ1) is 44.9. The molecule has 1 aromatic rings. The SMILES string of the molecule is CCCCOC(=O)C(C#N)=C1C=CN(c2ccc(C(F)(F)C(F)(F)C(F)(F)C(F)(F)C(F)(F)C(F)(F)C(F)(F)C(F)(F)C(F)(F)C(F)(F)F)cc2)C=C1. The first-order valence-electron chi connectivity index (χ1n) is 13.7. The molecule has 0 saturated carbocycles. The number of halogens is 21. The maximum Gasteiger partial charge on any atom is 0.460 e. The van der Waals surface area contributed by atoms with E-state index in [1.807, 2.05) is 0 Å². The number of carbonyl (C=O) groups is 1. The summed E-state index contributed by atoms with van der Waals surface area (Å²) in [6, 6.07) is 1.61. The number of hydrogen-bond donors (Lipinski definition) is 0. The van der Waals surface area contributed by atoms with E-state index in [9.17, 15) is 102 Å². The van der Waals surface area contributed by atoms with Crippen molar-refractivity contribution in [3.05, 3.63) is 65.5 Å². The van der Waals surface area contributed by atoms with Crippen LogP contribution < -0.4 is 4.90 Å². The van der Waals surface area contributed by atoms with Gasteiger partial charge in [-0.1, -0.05) is 25.5 Å². The fourth-order valence-corrected chi connectivity index (χ4v) is 3.96. The largest absolute Gasteiger partial charge is 0.462 e. The van der Waals surface area contributed by atoms with E-state index >= 15 is 0 Å². The van der Waals surface area contributed by atoms with Gasteiger partial charge in [-0.15, -0.1) is 0 Å². The number of nitriles is 1. The highest BCUT2D eigenvalue weighted by atomic mass is 19.4. The molecule has 0 N–H and O–H groups in total. The molecule has 0 atom stereocenters. The summed E-state index contributed by atoms with van der Waals surface area (Å²) < 4.78 is 292. The van der Waals surface area contributed by atoms with Gasteiger partial charge in [0, 0.05) is 29.2 Å². The number of alkyl halides is 21. The normalized spacial score (nSPS) is 15.8. The lowest BCUT2D eigenvalue weighted by Gasteiger charge is -2.44. The highest BCUT2D eigenvalue weighted by Crippen LogP contribution is 2.67. The molecule has 0 saturated heterocycles. The lowest BCUT2D eigenvalue weighted by atomic mass is 9.85. The third-order valence-electron chi connectivity index (χ3n) is 7.20. The van der Waals surface area contributed by atoms with Crippen LogP contribution in [-0.4, -0.2) is 66.1 Å². The zero-order valence-electron chi connectivity index (χ0n) is 25.4. The molecule has 298 valence electrons. The van der Waals surface area contributed by atoms with Crippen molar-refractivity contribution in [2.75, 3.05) is 11.5 Å². The van der Waals surface area contributed by atoms with Crippen molar-refractivity contribution in [1.82, 2.24) is 0 Å². The topological polar surface area (TPSA) is 53.3 Å². The Kier molecular flexibility index (Phi) is 11.7. The second kappa shape index (κ2) is 13.9. The second-order valence-corrected chi connectivity index (χ2v) is 10.7. The summed E-state index contributed by atoms with van der Waals surface area (Å²) in [5, 5.41) is 9.25. The molecule has 1 aliphatic heterocycles. The van der Waals surface area contributed by atoms with Gasteiger partial charge in [0.25, 0.3) is 0 Å². The molecule has 4 nitrogen and oxygen atoms in total. The molecule has 0 amide bonds. The van der Waals surface area contributed by atoms with Crippen molar-refractivity contribution < 1.29 is 102 Å². The van der Waals surface area contributed by atoms with Gasteiger partial charge >= 0.3 is 65.4 Å².